The van der Waals surface area contributed by atoms with Gasteiger partial charge in [-0.15, -0.1) is 0 Å². The summed E-state index contributed by atoms with van der Waals surface area (Å²) >= 11 is 0. The number of hydrogen-bond donors (Lipinski definition) is 2. The Kier molecular flexibility index (Phi) is 2.81. The van der Waals surface area contributed by atoms with Crippen LogP contribution in [-0.2, 0) is 12.8 Å². The molecule has 0 heterocycles. The van der Waals surface area contributed by atoms with E-state index in [4.69, 9.17) is 5.73 Å². The number of fused-ring (bicyclic) bond motifs is 1. The zero-order valence-electron chi connectivity index (χ0n) is 12.1. The van der Waals surface area contributed by atoms with E-state index in [2.05, 4.69) is 38.1 Å². The molecule has 19 heavy (non-hydrogen) atoms. The summed E-state index contributed by atoms with van der Waals surface area (Å²) in [5, 5.41) is 11.3. The van der Waals surface area contributed by atoms with Crippen LogP contribution in [0.4, 0.5) is 0 Å². The molecule has 104 valence electrons. The molecule has 1 atom stereocenters. The number of hydrogen-bond acceptors (Lipinski definition) is 2. The Labute approximate surface area is 116 Å². The molecule has 0 saturated heterocycles. The molecule has 0 aromatic heterocycles. The first-order chi connectivity index (χ1) is 8.90. The molecular weight excluding hydrogens is 234 g/mol. The predicted octanol–water partition coefficient (Wildman–Crippen LogP) is 2.67. The lowest BCUT2D eigenvalue weighted by molar-refractivity contribution is -0.0773. The Balaban J connectivity index is 1.95. The minimum Gasteiger partial charge on any atom is -0.389 e. The summed E-state index contributed by atoms with van der Waals surface area (Å²) in [5.41, 5.74) is 8.40. The Hall–Kier alpha value is -0.860. The highest BCUT2D eigenvalue weighted by molar-refractivity contribution is 5.36. The SMILES string of the molecule is CC1(C)CCC(O)(C2(CN)Cc3ccccc3C2)C1. The lowest BCUT2D eigenvalue weighted by atomic mass is 9.67. The van der Waals surface area contributed by atoms with Gasteiger partial charge in [0.05, 0.1) is 5.60 Å². The van der Waals surface area contributed by atoms with Gasteiger partial charge in [-0.1, -0.05) is 38.1 Å². The summed E-state index contributed by atoms with van der Waals surface area (Å²) in [6, 6.07) is 8.56. The van der Waals surface area contributed by atoms with Crippen molar-refractivity contribution >= 4 is 0 Å². The van der Waals surface area contributed by atoms with Crippen molar-refractivity contribution in [3.63, 3.8) is 0 Å². The molecule has 2 nitrogen and oxygen atoms in total. The minimum atomic E-state index is -0.593. The van der Waals surface area contributed by atoms with Crippen molar-refractivity contribution in [2.45, 2.75) is 51.6 Å². The summed E-state index contributed by atoms with van der Waals surface area (Å²) < 4.78 is 0. The second-order valence-corrected chi connectivity index (χ2v) is 7.48. The van der Waals surface area contributed by atoms with Crippen molar-refractivity contribution in [1.29, 1.82) is 0 Å². The normalized spacial score (nSPS) is 31.4. The molecule has 0 amide bonds. The molecule has 0 bridgehead atoms. The van der Waals surface area contributed by atoms with Gasteiger partial charge in [0.25, 0.3) is 0 Å². The van der Waals surface area contributed by atoms with Crippen molar-refractivity contribution in [2.75, 3.05) is 6.54 Å². The summed E-state index contributed by atoms with van der Waals surface area (Å²) in [7, 11) is 0. The first kappa shape index (κ1) is 13.1. The summed E-state index contributed by atoms with van der Waals surface area (Å²) in [6.45, 7) is 5.10. The van der Waals surface area contributed by atoms with Gasteiger partial charge in [0.15, 0.2) is 0 Å². The van der Waals surface area contributed by atoms with Crippen LogP contribution in [0.5, 0.6) is 0 Å². The van der Waals surface area contributed by atoms with Crippen LogP contribution in [0, 0.1) is 10.8 Å². The average molecular weight is 259 g/mol. The van der Waals surface area contributed by atoms with Gasteiger partial charge in [-0.05, 0) is 48.6 Å². The topological polar surface area (TPSA) is 46.2 Å². The van der Waals surface area contributed by atoms with E-state index in [-0.39, 0.29) is 10.8 Å². The molecule has 3 N–H and O–H groups in total. The molecule has 1 unspecified atom stereocenters. The quantitative estimate of drug-likeness (QED) is 0.857. The van der Waals surface area contributed by atoms with Gasteiger partial charge in [0.1, 0.15) is 0 Å². The third kappa shape index (κ3) is 1.93. The molecule has 2 aliphatic carbocycles. The van der Waals surface area contributed by atoms with Crippen LogP contribution in [0.25, 0.3) is 0 Å². The van der Waals surface area contributed by atoms with Crippen molar-refractivity contribution < 1.29 is 5.11 Å². The molecular formula is C17H25NO. The third-order valence-electron chi connectivity index (χ3n) is 5.54. The highest BCUT2D eigenvalue weighted by Gasteiger charge is 2.56. The Morgan fingerprint density at radius 2 is 1.68 bits per heavy atom. The second kappa shape index (κ2) is 4.07. The van der Waals surface area contributed by atoms with Gasteiger partial charge in [-0.25, -0.2) is 0 Å². The van der Waals surface area contributed by atoms with Crippen LogP contribution in [-0.4, -0.2) is 17.3 Å². The summed E-state index contributed by atoms with van der Waals surface area (Å²) in [6.07, 6.45) is 4.75. The van der Waals surface area contributed by atoms with Crippen LogP contribution < -0.4 is 5.73 Å². The zero-order chi connectivity index (χ0) is 13.7. The molecule has 1 aromatic rings. The van der Waals surface area contributed by atoms with E-state index in [9.17, 15) is 5.11 Å². The highest BCUT2D eigenvalue weighted by Crippen LogP contribution is 2.55. The van der Waals surface area contributed by atoms with E-state index in [1.54, 1.807) is 0 Å². The number of rotatable bonds is 2. The average Bonchev–Trinajstić information content (AvgIpc) is 2.88. The molecule has 0 spiro atoms. The maximum atomic E-state index is 11.3. The second-order valence-electron chi connectivity index (χ2n) is 7.48. The van der Waals surface area contributed by atoms with Crippen molar-refractivity contribution in [2.24, 2.45) is 16.6 Å². The molecule has 2 aliphatic rings. The predicted molar refractivity (Wildman–Crippen MR) is 77.9 cm³/mol. The fourth-order valence-corrected chi connectivity index (χ4v) is 4.32. The Morgan fingerprint density at radius 1 is 1.11 bits per heavy atom. The molecule has 0 radical (unpaired) electrons. The number of benzene rings is 1. The standard InChI is InChI=1S/C17H25NO/c1-15(2)7-8-17(19,11-15)16(12-18)9-13-5-3-4-6-14(13)10-16/h3-6,19H,7-12,18H2,1-2H3. The van der Waals surface area contributed by atoms with Crippen molar-refractivity contribution in [3.05, 3.63) is 35.4 Å². The highest BCUT2D eigenvalue weighted by atomic mass is 16.3. The van der Waals surface area contributed by atoms with Gasteiger partial charge in [-0.3, -0.25) is 0 Å². The lowest BCUT2D eigenvalue weighted by Crippen LogP contribution is -2.52. The Morgan fingerprint density at radius 3 is 2.11 bits per heavy atom. The van der Waals surface area contributed by atoms with Crippen LogP contribution in [0.15, 0.2) is 24.3 Å². The number of aliphatic hydroxyl groups is 1. The van der Waals surface area contributed by atoms with E-state index in [0.717, 1.165) is 32.1 Å². The van der Waals surface area contributed by atoms with Gasteiger partial charge in [-0.2, -0.15) is 0 Å². The maximum absolute atomic E-state index is 11.3. The van der Waals surface area contributed by atoms with E-state index in [1.807, 2.05) is 0 Å². The van der Waals surface area contributed by atoms with Crippen LogP contribution in [0.2, 0.25) is 0 Å². The fraction of sp³-hybridized carbons (Fsp3) is 0.647. The minimum absolute atomic E-state index is 0.148. The van der Waals surface area contributed by atoms with Crippen molar-refractivity contribution in [3.8, 4) is 0 Å². The smallest absolute Gasteiger partial charge is 0.0727 e. The largest absolute Gasteiger partial charge is 0.389 e. The van der Waals surface area contributed by atoms with Gasteiger partial charge in [0, 0.05) is 12.0 Å². The van der Waals surface area contributed by atoms with E-state index < -0.39 is 5.60 Å². The van der Waals surface area contributed by atoms with Crippen LogP contribution in [0.3, 0.4) is 0 Å². The number of nitrogens with two attached hydrogens (primary N) is 1. The monoisotopic (exact) mass is 259 g/mol. The first-order valence-electron chi connectivity index (χ1n) is 7.39. The first-order valence-corrected chi connectivity index (χ1v) is 7.39. The molecule has 1 fully saturated rings. The van der Waals surface area contributed by atoms with Crippen LogP contribution in [0.1, 0.15) is 44.2 Å². The molecule has 1 saturated carbocycles. The summed E-state index contributed by atoms with van der Waals surface area (Å²) in [4.78, 5) is 0. The van der Waals surface area contributed by atoms with Gasteiger partial charge < -0.3 is 10.8 Å². The molecule has 0 aliphatic heterocycles. The zero-order valence-corrected chi connectivity index (χ0v) is 12.1. The van der Waals surface area contributed by atoms with Gasteiger partial charge >= 0.3 is 0 Å². The van der Waals surface area contributed by atoms with Gasteiger partial charge in [0.2, 0.25) is 0 Å². The van der Waals surface area contributed by atoms with E-state index >= 15 is 0 Å². The third-order valence-corrected chi connectivity index (χ3v) is 5.54. The van der Waals surface area contributed by atoms with Crippen molar-refractivity contribution in [1.82, 2.24) is 0 Å². The fourth-order valence-electron chi connectivity index (χ4n) is 4.32. The lowest BCUT2D eigenvalue weighted by Gasteiger charge is -2.43. The maximum Gasteiger partial charge on any atom is 0.0727 e. The van der Waals surface area contributed by atoms with Crippen LogP contribution >= 0.6 is 0 Å². The molecule has 3 rings (SSSR count). The molecule has 1 aromatic carbocycles. The van der Waals surface area contributed by atoms with E-state index in [1.165, 1.54) is 11.1 Å². The Bertz CT molecular complexity index is 469. The van der Waals surface area contributed by atoms with E-state index in [0.29, 0.717) is 6.54 Å². The summed E-state index contributed by atoms with van der Waals surface area (Å²) in [5.74, 6) is 0. The molecule has 2 heteroatoms.